The lowest BCUT2D eigenvalue weighted by molar-refractivity contribution is -0.123. The summed E-state index contributed by atoms with van der Waals surface area (Å²) in [6, 6.07) is 5.54. The number of amides is 1. The second-order valence-corrected chi connectivity index (χ2v) is 7.71. The van der Waals surface area contributed by atoms with Gasteiger partial charge in [-0.15, -0.1) is 0 Å². The first-order valence-corrected chi connectivity index (χ1v) is 9.54. The Kier molecular flexibility index (Phi) is 5.98. The molecule has 5 nitrogen and oxygen atoms in total. The highest BCUT2D eigenvalue weighted by Crippen LogP contribution is 2.35. The van der Waals surface area contributed by atoms with Crippen LogP contribution in [-0.2, 0) is 4.79 Å². The lowest BCUT2D eigenvalue weighted by Gasteiger charge is -2.29. The van der Waals surface area contributed by atoms with Crippen molar-refractivity contribution in [2.45, 2.75) is 19.3 Å². The number of piperidine rings is 1. The molecule has 0 spiro atoms. The number of rotatable bonds is 5. The van der Waals surface area contributed by atoms with Crippen LogP contribution < -0.4 is 9.47 Å². The largest absolute Gasteiger partial charge is 0.497 e. The standard InChI is InChI=1S/C18H22N2O3S2/c1-22-14-7-6-13(15(11-14)23-2)10-16-17(21)20(18(24)25-16)12-19-8-4-3-5-9-19/h6-7,10-11H,3-5,8-9,12H2,1-2H3. The van der Waals surface area contributed by atoms with Gasteiger partial charge in [-0.05, 0) is 44.1 Å². The number of benzene rings is 1. The van der Waals surface area contributed by atoms with Crippen LogP contribution >= 0.6 is 24.0 Å². The number of ether oxygens (including phenoxy) is 2. The van der Waals surface area contributed by atoms with E-state index in [1.165, 1.54) is 31.0 Å². The van der Waals surface area contributed by atoms with E-state index >= 15 is 0 Å². The molecule has 0 N–H and O–H groups in total. The number of hydrogen-bond donors (Lipinski definition) is 0. The SMILES string of the molecule is COc1ccc(C=C2SC(=S)N(CN3CCCCC3)C2=O)c(OC)c1. The predicted molar refractivity (Wildman–Crippen MR) is 105 cm³/mol. The molecule has 0 bridgehead atoms. The van der Waals surface area contributed by atoms with Gasteiger partial charge in [0.25, 0.3) is 5.91 Å². The van der Waals surface area contributed by atoms with Crippen LogP contribution in [0.4, 0.5) is 0 Å². The molecular weight excluding hydrogens is 356 g/mol. The summed E-state index contributed by atoms with van der Waals surface area (Å²) in [4.78, 5) is 17.4. The van der Waals surface area contributed by atoms with Gasteiger partial charge in [-0.2, -0.15) is 0 Å². The van der Waals surface area contributed by atoms with Crippen LogP contribution in [0.25, 0.3) is 6.08 Å². The summed E-state index contributed by atoms with van der Waals surface area (Å²) >= 11 is 6.78. The van der Waals surface area contributed by atoms with E-state index in [4.69, 9.17) is 21.7 Å². The first-order valence-electron chi connectivity index (χ1n) is 8.32. The second kappa shape index (κ2) is 8.21. The Bertz CT molecular complexity index is 700. The summed E-state index contributed by atoms with van der Waals surface area (Å²) in [5.74, 6) is 1.35. The van der Waals surface area contributed by atoms with Gasteiger partial charge in [0.05, 0.1) is 25.8 Å². The summed E-state index contributed by atoms with van der Waals surface area (Å²) in [7, 11) is 3.22. The molecule has 134 valence electrons. The van der Waals surface area contributed by atoms with Crippen molar-refractivity contribution >= 4 is 40.3 Å². The Balaban J connectivity index is 1.78. The smallest absolute Gasteiger partial charge is 0.267 e. The van der Waals surface area contributed by atoms with Crippen molar-refractivity contribution < 1.29 is 14.3 Å². The van der Waals surface area contributed by atoms with E-state index in [1.807, 2.05) is 18.2 Å². The average Bonchev–Trinajstić information content (AvgIpc) is 2.90. The molecule has 2 saturated heterocycles. The van der Waals surface area contributed by atoms with Crippen LogP contribution in [0.2, 0.25) is 0 Å². The number of methoxy groups -OCH3 is 2. The van der Waals surface area contributed by atoms with E-state index in [9.17, 15) is 4.79 Å². The van der Waals surface area contributed by atoms with Crippen molar-refractivity contribution in [3.8, 4) is 11.5 Å². The van der Waals surface area contributed by atoms with Gasteiger partial charge < -0.3 is 9.47 Å². The molecule has 0 aliphatic carbocycles. The highest BCUT2D eigenvalue weighted by Gasteiger charge is 2.33. The highest BCUT2D eigenvalue weighted by molar-refractivity contribution is 8.26. The third-order valence-electron chi connectivity index (χ3n) is 4.39. The van der Waals surface area contributed by atoms with E-state index in [0.29, 0.717) is 27.4 Å². The first-order chi connectivity index (χ1) is 12.1. The molecule has 0 atom stereocenters. The van der Waals surface area contributed by atoms with Crippen LogP contribution in [0.5, 0.6) is 11.5 Å². The minimum Gasteiger partial charge on any atom is -0.497 e. The van der Waals surface area contributed by atoms with Crippen LogP contribution in [0.15, 0.2) is 23.1 Å². The molecule has 1 amide bonds. The van der Waals surface area contributed by atoms with Crippen LogP contribution in [0.1, 0.15) is 24.8 Å². The van der Waals surface area contributed by atoms with E-state index < -0.39 is 0 Å². The molecule has 2 fully saturated rings. The van der Waals surface area contributed by atoms with E-state index in [2.05, 4.69) is 4.90 Å². The summed E-state index contributed by atoms with van der Waals surface area (Å²) in [5, 5.41) is 0. The molecule has 2 heterocycles. The normalized spacial score (nSPS) is 20.4. The van der Waals surface area contributed by atoms with Gasteiger partial charge in [-0.1, -0.05) is 30.4 Å². The topological polar surface area (TPSA) is 42.0 Å². The van der Waals surface area contributed by atoms with E-state index in [-0.39, 0.29) is 5.91 Å². The van der Waals surface area contributed by atoms with Gasteiger partial charge in [0.2, 0.25) is 0 Å². The molecule has 2 aliphatic rings. The van der Waals surface area contributed by atoms with Gasteiger partial charge in [0.1, 0.15) is 15.8 Å². The van der Waals surface area contributed by atoms with Crippen molar-refractivity contribution in [1.29, 1.82) is 0 Å². The number of hydrogen-bond acceptors (Lipinski definition) is 6. The highest BCUT2D eigenvalue weighted by atomic mass is 32.2. The van der Waals surface area contributed by atoms with Crippen LogP contribution in [0, 0.1) is 0 Å². The third kappa shape index (κ3) is 4.16. The van der Waals surface area contributed by atoms with Gasteiger partial charge in [-0.25, -0.2) is 0 Å². The lowest BCUT2D eigenvalue weighted by atomic mass is 10.1. The second-order valence-electron chi connectivity index (χ2n) is 6.04. The third-order valence-corrected chi connectivity index (χ3v) is 5.77. The maximum absolute atomic E-state index is 12.8. The van der Waals surface area contributed by atoms with Gasteiger partial charge >= 0.3 is 0 Å². The fourth-order valence-electron chi connectivity index (χ4n) is 3.00. The van der Waals surface area contributed by atoms with Crippen molar-refractivity contribution in [3.63, 3.8) is 0 Å². The zero-order valence-electron chi connectivity index (χ0n) is 14.5. The molecule has 0 aromatic heterocycles. The summed E-state index contributed by atoms with van der Waals surface area (Å²) < 4.78 is 11.2. The Morgan fingerprint density at radius 1 is 1.20 bits per heavy atom. The minimum absolute atomic E-state index is 0.0292. The Morgan fingerprint density at radius 3 is 2.64 bits per heavy atom. The molecule has 1 aromatic rings. The monoisotopic (exact) mass is 378 g/mol. The molecule has 0 saturated carbocycles. The Hall–Kier alpha value is -1.57. The fraction of sp³-hybridized carbons (Fsp3) is 0.444. The van der Waals surface area contributed by atoms with E-state index in [0.717, 1.165) is 18.7 Å². The number of thioether (sulfide) groups is 1. The van der Waals surface area contributed by atoms with Crippen LogP contribution in [0.3, 0.4) is 0 Å². The molecule has 1 aromatic carbocycles. The zero-order valence-corrected chi connectivity index (χ0v) is 16.1. The molecule has 7 heteroatoms. The van der Waals surface area contributed by atoms with Crippen molar-refractivity contribution in [1.82, 2.24) is 9.80 Å². The maximum atomic E-state index is 12.8. The van der Waals surface area contributed by atoms with Crippen molar-refractivity contribution in [2.24, 2.45) is 0 Å². The molecule has 0 unspecified atom stereocenters. The number of likely N-dealkylation sites (tertiary alicyclic amines) is 1. The molecule has 3 rings (SSSR count). The number of nitrogens with zero attached hydrogens (tertiary/aromatic N) is 2. The Labute approximate surface area is 157 Å². The lowest BCUT2D eigenvalue weighted by Crippen LogP contribution is -2.42. The fourth-order valence-corrected chi connectivity index (χ4v) is 4.23. The van der Waals surface area contributed by atoms with E-state index in [1.54, 1.807) is 25.2 Å². The number of thiocarbonyl (C=S) groups is 1. The summed E-state index contributed by atoms with van der Waals surface area (Å²) in [6.45, 7) is 2.65. The van der Waals surface area contributed by atoms with Gasteiger partial charge in [0.15, 0.2) is 0 Å². The van der Waals surface area contributed by atoms with Gasteiger partial charge in [0, 0.05) is 11.6 Å². The quantitative estimate of drug-likeness (QED) is 0.578. The average molecular weight is 379 g/mol. The molecule has 25 heavy (non-hydrogen) atoms. The molecular formula is C18H22N2O3S2. The Morgan fingerprint density at radius 2 is 1.96 bits per heavy atom. The molecule has 0 radical (unpaired) electrons. The summed E-state index contributed by atoms with van der Waals surface area (Å²) in [6.07, 6.45) is 5.49. The summed E-state index contributed by atoms with van der Waals surface area (Å²) in [5.41, 5.74) is 0.835. The molecule has 2 aliphatic heterocycles. The first kappa shape index (κ1) is 18.2. The minimum atomic E-state index is -0.0292. The number of carbonyl (C=O) groups is 1. The number of carbonyl (C=O) groups excluding carboxylic acids is 1. The van der Waals surface area contributed by atoms with Crippen LogP contribution in [-0.4, -0.2) is 54.0 Å². The van der Waals surface area contributed by atoms with Crippen molar-refractivity contribution in [2.75, 3.05) is 34.0 Å². The predicted octanol–water partition coefficient (Wildman–Crippen LogP) is 3.35. The van der Waals surface area contributed by atoms with Crippen molar-refractivity contribution in [3.05, 3.63) is 28.7 Å². The zero-order chi connectivity index (χ0) is 17.8. The van der Waals surface area contributed by atoms with Gasteiger partial charge in [-0.3, -0.25) is 14.6 Å². The maximum Gasteiger partial charge on any atom is 0.267 e.